The molecule has 0 aliphatic rings. The molecule has 0 bridgehead atoms. The summed E-state index contributed by atoms with van der Waals surface area (Å²) in [6.45, 7) is 4.76. The zero-order chi connectivity index (χ0) is 25.9. The molecule has 1 aromatic heterocycles. The smallest absolute Gasteiger partial charge is 0.0640 e. The largest absolute Gasteiger partial charge is 0.398 e. The van der Waals surface area contributed by atoms with Crippen molar-refractivity contribution in [1.29, 1.82) is 0 Å². The van der Waals surface area contributed by atoms with E-state index in [9.17, 15) is 0 Å². The van der Waals surface area contributed by atoms with E-state index in [0.717, 1.165) is 50.5 Å². The standard InChI is InChI=1S/C34H28N4/c1-2-28-32(37-26-13-4-3-5-14-26)20-19-30-29-16-7-9-18-33(29)38(34(28)30)27-15-10-11-24(21-27)22-36-23-25-12-6-8-17-31(25)35/h2-21,23,37H,1,22,35H2. The van der Waals surface area contributed by atoms with Gasteiger partial charge in [-0.3, -0.25) is 4.99 Å². The third-order valence-corrected chi connectivity index (χ3v) is 6.80. The molecule has 0 aliphatic carbocycles. The van der Waals surface area contributed by atoms with Crippen molar-refractivity contribution in [2.75, 3.05) is 11.1 Å². The second kappa shape index (κ2) is 10.1. The predicted octanol–water partition coefficient (Wildman–Crippen LogP) is 8.37. The van der Waals surface area contributed by atoms with Crippen LogP contribution in [0.2, 0.25) is 0 Å². The molecule has 6 rings (SSSR count). The molecule has 0 spiro atoms. The predicted molar refractivity (Wildman–Crippen MR) is 163 cm³/mol. The van der Waals surface area contributed by atoms with E-state index in [1.54, 1.807) is 0 Å². The first-order valence-electron chi connectivity index (χ1n) is 12.7. The Morgan fingerprint density at radius 2 is 1.58 bits per heavy atom. The highest BCUT2D eigenvalue weighted by atomic mass is 15.0. The number of nitrogens with zero attached hydrogens (tertiary/aromatic N) is 2. The maximum atomic E-state index is 6.07. The van der Waals surface area contributed by atoms with Crippen LogP contribution in [0.5, 0.6) is 0 Å². The highest BCUT2D eigenvalue weighted by Gasteiger charge is 2.17. The number of aromatic nitrogens is 1. The average molecular weight is 493 g/mol. The van der Waals surface area contributed by atoms with Crippen molar-refractivity contribution in [3.8, 4) is 5.69 Å². The monoisotopic (exact) mass is 492 g/mol. The van der Waals surface area contributed by atoms with Gasteiger partial charge in [0.25, 0.3) is 0 Å². The molecule has 4 heteroatoms. The van der Waals surface area contributed by atoms with Gasteiger partial charge < -0.3 is 15.6 Å². The number of nitrogen functional groups attached to an aromatic ring is 1. The lowest BCUT2D eigenvalue weighted by Crippen LogP contribution is -1.99. The van der Waals surface area contributed by atoms with E-state index in [2.05, 4.69) is 94.3 Å². The zero-order valence-corrected chi connectivity index (χ0v) is 21.0. The van der Waals surface area contributed by atoms with Crippen molar-refractivity contribution in [3.63, 3.8) is 0 Å². The van der Waals surface area contributed by atoms with Crippen molar-refractivity contribution < 1.29 is 0 Å². The number of nitrogens with two attached hydrogens (primary N) is 1. The summed E-state index contributed by atoms with van der Waals surface area (Å²) >= 11 is 0. The third-order valence-electron chi connectivity index (χ3n) is 6.80. The summed E-state index contributed by atoms with van der Waals surface area (Å²) in [5.41, 5.74) is 15.3. The van der Waals surface area contributed by atoms with Gasteiger partial charge in [0.05, 0.1) is 17.6 Å². The molecule has 0 aliphatic heterocycles. The van der Waals surface area contributed by atoms with E-state index in [0.29, 0.717) is 6.54 Å². The van der Waals surface area contributed by atoms with Crippen LogP contribution < -0.4 is 11.1 Å². The molecular formula is C34H28N4. The van der Waals surface area contributed by atoms with Crippen LogP contribution in [0.4, 0.5) is 17.1 Å². The maximum Gasteiger partial charge on any atom is 0.0640 e. The number of rotatable bonds is 7. The van der Waals surface area contributed by atoms with Crippen LogP contribution in [0, 0.1) is 0 Å². The molecule has 0 unspecified atom stereocenters. The number of benzene rings is 5. The Balaban J connectivity index is 1.47. The number of aliphatic imine (C=N–C) groups is 1. The van der Waals surface area contributed by atoms with Crippen molar-refractivity contribution in [3.05, 3.63) is 139 Å². The minimum Gasteiger partial charge on any atom is -0.398 e. The van der Waals surface area contributed by atoms with Crippen LogP contribution in [-0.4, -0.2) is 10.8 Å². The van der Waals surface area contributed by atoms with Crippen molar-refractivity contribution in [1.82, 2.24) is 4.57 Å². The molecule has 0 atom stereocenters. The number of nitrogens with one attached hydrogen (secondary N) is 1. The molecule has 0 amide bonds. The molecule has 0 radical (unpaired) electrons. The lowest BCUT2D eigenvalue weighted by atomic mass is 10.1. The van der Waals surface area contributed by atoms with E-state index in [-0.39, 0.29) is 0 Å². The van der Waals surface area contributed by atoms with Gasteiger partial charge in [0.2, 0.25) is 0 Å². The second-order valence-corrected chi connectivity index (χ2v) is 9.24. The Hall–Kier alpha value is -5.09. The third kappa shape index (κ3) is 4.33. The van der Waals surface area contributed by atoms with Crippen LogP contribution in [-0.2, 0) is 6.54 Å². The summed E-state index contributed by atoms with van der Waals surface area (Å²) < 4.78 is 2.33. The fourth-order valence-corrected chi connectivity index (χ4v) is 5.02. The Labute approximate surface area is 222 Å². The first kappa shape index (κ1) is 23.3. The van der Waals surface area contributed by atoms with Gasteiger partial charge in [-0.15, -0.1) is 0 Å². The normalized spacial score (nSPS) is 11.4. The Morgan fingerprint density at radius 1 is 0.789 bits per heavy atom. The van der Waals surface area contributed by atoms with E-state index < -0.39 is 0 Å². The molecule has 0 saturated carbocycles. The van der Waals surface area contributed by atoms with Gasteiger partial charge >= 0.3 is 0 Å². The summed E-state index contributed by atoms with van der Waals surface area (Å²) in [5.74, 6) is 0. The van der Waals surface area contributed by atoms with Crippen LogP contribution >= 0.6 is 0 Å². The van der Waals surface area contributed by atoms with Crippen molar-refractivity contribution in [2.45, 2.75) is 6.54 Å². The Morgan fingerprint density at radius 3 is 2.42 bits per heavy atom. The number of hydrogen-bond donors (Lipinski definition) is 2. The van der Waals surface area contributed by atoms with E-state index in [1.165, 1.54) is 10.8 Å². The highest BCUT2D eigenvalue weighted by Crippen LogP contribution is 2.38. The molecule has 4 nitrogen and oxygen atoms in total. The topological polar surface area (TPSA) is 55.3 Å². The summed E-state index contributed by atoms with van der Waals surface area (Å²) in [4.78, 5) is 4.67. The summed E-state index contributed by atoms with van der Waals surface area (Å²) in [5, 5.41) is 5.98. The van der Waals surface area contributed by atoms with Gasteiger partial charge in [0.15, 0.2) is 0 Å². The van der Waals surface area contributed by atoms with Crippen LogP contribution in [0.15, 0.2) is 127 Å². The Kier molecular flexibility index (Phi) is 6.20. The summed E-state index contributed by atoms with van der Waals surface area (Å²) in [6.07, 6.45) is 3.79. The first-order chi connectivity index (χ1) is 18.7. The van der Waals surface area contributed by atoms with E-state index in [4.69, 9.17) is 5.73 Å². The van der Waals surface area contributed by atoms with Crippen LogP contribution in [0.1, 0.15) is 16.7 Å². The zero-order valence-electron chi connectivity index (χ0n) is 21.0. The van der Waals surface area contributed by atoms with Gasteiger partial charge in [-0.1, -0.05) is 85.5 Å². The molecule has 5 aromatic carbocycles. The first-order valence-corrected chi connectivity index (χ1v) is 12.7. The SMILES string of the molecule is C=Cc1c(Nc2ccccc2)ccc2c3ccccc3n(-c3cccc(CN=Cc4ccccc4N)c3)c12. The van der Waals surface area contributed by atoms with E-state index in [1.807, 2.05) is 54.8 Å². The van der Waals surface area contributed by atoms with Gasteiger partial charge in [-0.05, 0) is 48.0 Å². The van der Waals surface area contributed by atoms with Gasteiger partial charge in [0.1, 0.15) is 0 Å². The molecule has 6 aromatic rings. The van der Waals surface area contributed by atoms with Gasteiger partial charge in [-0.25, -0.2) is 0 Å². The molecule has 1 heterocycles. The fraction of sp³-hybridized carbons (Fsp3) is 0.0294. The highest BCUT2D eigenvalue weighted by molar-refractivity contribution is 6.13. The Bertz CT molecular complexity index is 1790. The minimum atomic E-state index is 0.564. The van der Waals surface area contributed by atoms with Crippen molar-refractivity contribution in [2.24, 2.45) is 4.99 Å². The molecular weight excluding hydrogens is 464 g/mol. The fourth-order valence-electron chi connectivity index (χ4n) is 5.02. The average Bonchev–Trinajstić information content (AvgIpc) is 3.29. The van der Waals surface area contributed by atoms with Crippen LogP contribution in [0.25, 0.3) is 33.6 Å². The number of hydrogen-bond acceptors (Lipinski definition) is 3. The van der Waals surface area contributed by atoms with E-state index >= 15 is 0 Å². The van der Waals surface area contributed by atoms with Crippen LogP contribution in [0.3, 0.4) is 0 Å². The summed E-state index contributed by atoms with van der Waals surface area (Å²) in [6, 6.07) is 39.4. The second-order valence-electron chi connectivity index (χ2n) is 9.24. The number of fused-ring (bicyclic) bond motifs is 3. The lowest BCUT2D eigenvalue weighted by Gasteiger charge is -2.15. The van der Waals surface area contributed by atoms with Gasteiger partial charge in [-0.2, -0.15) is 0 Å². The number of anilines is 3. The summed E-state index contributed by atoms with van der Waals surface area (Å²) in [7, 11) is 0. The molecule has 0 fully saturated rings. The van der Waals surface area contributed by atoms with Crippen molar-refractivity contribution >= 4 is 51.2 Å². The quantitative estimate of drug-likeness (QED) is 0.174. The number of para-hydroxylation sites is 3. The minimum absolute atomic E-state index is 0.564. The molecule has 184 valence electrons. The molecule has 0 saturated heterocycles. The maximum absolute atomic E-state index is 6.07. The molecule has 38 heavy (non-hydrogen) atoms. The van der Waals surface area contributed by atoms with Gasteiger partial charge in [0, 0.05) is 50.9 Å². The lowest BCUT2D eigenvalue weighted by molar-refractivity contribution is 1.06. The molecule has 3 N–H and O–H groups in total.